The SMILES string of the molecule is CC(C)(C)C(=O)Oc1ccc2c(c1)OCC(Br)=C2c1ccc(O[C@H]2CCN(CCCF)C2)cc1. The van der Waals surface area contributed by atoms with Gasteiger partial charge in [0.25, 0.3) is 0 Å². The number of esters is 1. The lowest BCUT2D eigenvalue weighted by molar-refractivity contribution is -0.143. The lowest BCUT2D eigenvalue weighted by atomic mass is 9.95. The summed E-state index contributed by atoms with van der Waals surface area (Å²) in [7, 11) is 0. The van der Waals surface area contributed by atoms with Gasteiger partial charge in [0.2, 0.25) is 0 Å². The summed E-state index contributed by atoms with van der Waals surface area (Å²) in [5.41, 5.74) is 2.43. The standard InChI is InChI=1S/C27H31BrFNO4/c1-27(2,3)26(31)34-20-9-10-22-24(15-20)32-17-23(28)25(22)18-5-7-19(8-6-18)33-21-11-14-30(16-21)13-4-12-29/h5-10,15,21H,4,11-14,16-17H2,1-3H3/t21-/m0/s1. The minimum absolute atomic E-state index is 0.134. The number of likely N-dealkylation sites (tertiary alicyclic amines) is 1. The molecule has 0 unspecified atom stereocenters. The molecule has 1 saturated heterocycles. The second-order valence-electron chi connectivity index (χ2n) is 9.76. The Bertz CT molecular complexity index is 1060. The normalized spacial score (nSPS) is 18.4. The molecular weight excluding hydrogens is 501 g/mol. The molecular formula is C27H31BrFNO4. The first kappa shape index (κ1) is 24.7. The van der Waals surface area contributed by atoms with E-state index < -0.39 is 5.41 Å². The quantitative estimate of drug-likeness (QED) is 0.324. The fraction of sp³-hybridized carbons (Fsp3) is 0.444. The monoisotopic (exact) mass is 531 g/mol. The van der Waals surface area contributed by atoms with E-state index in [1.165, 1.54) is 0 Å². The highest BCUT2D eigenvalue weighted by molar-refractivity contribution is 9.11. The Morgan fingerprint density at radius 3 is 2.62 bits per heavy atom. The highest BCUT2D eigenvalue weighted by Gasteiger charge is 2.26. The zero-order valence-corrected chi connectivity index (χ0v) is 21.5. The predicted octanol–water partition coefficient (Wildman–Crippen LogP) is 6.00. The first-order valence-electron chi connectivity index (χ1n) is 11.7. The topological polar surface area (TPSA) is 48.0 Å². The Morgan fingerprint density at radius 2 is 1.91 bits per heavy atom. The molecule has 1 fully saturated rings. The number of halogens is 2. The average Bonchev–Trinajstić information content (AvgIpc) is 3.25. The fourth-order valence-corrected chi connectivity index (χ4v) is 4.65. The molecule has 2 aromatic rings. The molecule has 0 saturated carbocycles. The van der Waals surface area contributed by atoms with Crippen LogP contribution < -0.4 is 14.2 Å². The van der Waals surface area contributed by atoms with Gasteiger partial charge >= 0.3 is 5.97 Å². The van der Waals surface area contributed by atoms with Crippen LogP contribution in [-0.4, -0.2) is 49.9 Å². The second kappa shape index (κ2) is 10.5. The smallest absolute Gasteiger partial charge is 0.316 e. The molecule has 1 atom stereocenters. The summed E-state index contributed by atoms with van der Waals surface area (Å²) in [6.07, 6.45) is 1.67. The summed E-state index contributed by atoms with van der Waals surface area (Å²) in [5, 5.41) is 0. The van der Waals surface area contributed by atoms with Crippen LogP contribution in [0.15, 0.2) is 46.9 Å². The van der Waals surface area contributed by atoms with Crippen LogP contribution in [0.3, 0.4) is 0 Å². The molecule has 2 aliphatic heterocycles. The van der Waals surface area contributed by atoms with Crippen molar-refractivity contribution < 1.29 is 23.4 Å². The number of benzene rings is 2. The highest BCUT2D eigenvalue weighted by Crippen LogP contribution is 2.41. The van der Waals surface area contributed by atoms with Crippen molar-refractivity contribution in [3.05, 3.63) is 58.1 Å². The van der Waals surface area contributed by atoms with Crippen molar-refractivity contribution in [1.29, 1.82) is 0 Å². The summed E-state index contributed by atoms with van der Waals surface area (Å²) in [6.45, 7) is 8.18. The molecule has 2 heterocycles. The van der Waals surface area contributed by atoms with Gasteiger partial charge in [0.1, 0.15) is 30.0 Å². The maximum absolute atomic E-state index is 12.4. The highest BCUT2D eigenvalue weighted by atomic mass is 79.9. The first-order chi connectivity index (χ1) is 16.2. The summed E-state index contributed by atoms with van der Waals surface area (Å²) in [5.74, 6) is 1.69. The number of ether oxygens (including phenoxy) is 3. The first-order valence-corrected chi connectivity index (χ1v) is 12.5. The van der Waals surface area contributed by atoms with Gasteiger partial charge in [-0.2, -0.15) is 0 Å². The Morgan fingerprint density at radius 1 is 1.18 bits per heavy atom. The van der Waals surface area contributed by atoms with Crippen LogP contribution in [0.4, 0.5) is 4.39 Å². The molecule has 0 bridgehead atoms. The van der Waals surface area contributed by atoms with Crippen LogP contribution in [0.1, 0.15) is 44.7 Å². The number of rotatable bonds is 7. The molecule has 34 heavy (non-hydrogen) atoms. The van der Waals surface area contributed by atoms with Gasteiger partial charge in [-0.05, 0) is 63.4 Å². The van der Waals surface area contributed by atoms with E-state index in [0.29, 0.717) is 24.5 Å². The maximum Gasteiger partial charge on any atom is 0.316 e. The Labute approximate surface area is 209 Å². The Kier molecular flexibility index (Phi) is 7.63. The third kappa shape index (κ3) is 5.81. The number of nitrogens with zero attached hydrogens (tertiary/aromatic N) is 1. The molecule has 0 aliphatic carbocycles. The van der Waals surface area contributed by atoms with E-state index in [1.54, 1.807) is 12.1 Å². The summed E-state index contributed by atoms with van der Waals surface area (Å²) in [6, 6.07) is 13.6. The van der Waals surface area contributed by atoms with E-state index in [1.807, 2.05) is 51.1 Å². The van der Waals surface area contributed by atoms with E-state index in [4.69, 9.17) is 14.2 Å². The predicted molar refractivity (Wildman–Crippen MR) is 134 cm³/mol. The van der Waals surface area contributed by atoms with Crippen molar-refractivity contribution in [3.63, 3.8) is 0 Å². The third-order valence-corrected chi connectivity index (χ3v) is 6.58. The summed E-state index contributed by atoms with van der Waals surface area (Å²) in [4.78, 5) is 14.5. The zero-order valence-electron chi connectivity index (χ0n) is 19.9. The van der Waals surface area contributed by atoms with Gasteiger partial charge in [-0.25, -0.2) is 0 Å². The second-order valence-corrected chi connectivity index (χ2v) is 10.7. The molecule has 0 spiro atoms. The van der Waals surface area contributed by atoms with Gasteiger partial charge in [0, 0.05) is 41.3 Å². The number of alkyl halides is 1. The Hall–Kier alpha value is -2.38. The Balaban J connectivity index is 1.47. The number of fused-ring (bicyclic) bond motifs is 1. The van der Waals surface area contributed by atoms with Crippen LogP contribution in [0.25, 0.3) is 5.57 Å². The van der Waals surface area contributed by atoms with Gasteiger partial charge in [0.05, 0.1) is 12.1 Å². The van der Waals surface area contributed by atoms with Crippen LogP contribution >= 0.6 is 15.9 Å². The minimum atomic E-state index is -0.583. The molecule has 5 nitrogen and oxygen atoms in total. The van der Waals surface area contributed by atoms with Gasteiger partial charge in [-0.15, -0.1) is 0 Å². The van der Waals surface area contributed by atoms with Gasteiger partial charge in [-0.1, -0.05) is 28.1 Å². The lowest BCUT2D eigenvalue weighted by Gasteiger charge is -2.23. The fourth-order valence-electron chi connectivity index (χ4n) is 4.10. The van der Waals surface area contributed by atoms with Crippen LogP contribution in [-0.2, 0) is 4.79 Å². The van der Waals surface area contributed by atoms with Crippen LogP contribution in [0.2, 0.25) is 0 Å². The molecule has 2 aromatic carbocycles. The zero-order chi connectivity index (χ0) is 24.3. The van der Waals surface area contributed by atoms with Crippen molar-refractivity contribution in [2.24, 2.45) is 5.41 Å². The maximum atomic E-state index is 12.4. The van der Waals surface area contributed by atoms with Gasteiger partial charge in [-0.3, -0.25) is 14.1 Å². The molecule has 7 heteroatoms. The van der Waals surface area contributed by atoms with E-state index >= 15 is 0 Å². The average molecular weight is 532 g/mol. The molecule has 0 N–H and O–H groups in total. The number of hydrogen-bond donors (Lipinski definition) is 0. The summed E-state index contributed by atoms with van der Waals surface area (Å²) >= 11 is 3.67. The van der Waals surface area contributed by atoms with Crippen molar-refractivity contribution in [2.45, 2.75) is 39.7 Å². The van der Waals surface area contributed by atoms with Crippen LogP contribution in [0, 0.1) is 5.41 Å². The largest absolute Gasteiger partial charge is 0.489 e. The number of carbonyl (C=O) groups is 1. The van der Waals surface area contributed by atoms with E-state index in [-0.39, 0.29) is 18.7 Å². The van der Waals surface area contributed by atoms with Gasteiger partial charge in [0.15, 0.2) is 0 Å². The van der Waals surface area contributed by atoms with Gasteiger partial charge < -0.3 is 14.2 Å². The van der Waals surface area contributed by atoms with E-state index in [2.05, 4.69) is 20.8 Å². The van der Waals surface area contributed by atoms with E-state index in [9.17, 15) is 9.18 Å². The molecule has 182 valence electrons. The number of hydrogen-bond acceptors (Lipinski definition) is 5. The van der Waals surface area contributed by atoms with Crippen molar-refractivity contribution in [2.75, 3.05) is 32.9 Å². The minimum Gasteiger partial charge on any atom is -0.489 e. The summed E-state index contributed by atoms with van der Waals surface area (Å²) < 4.78 is 31.0. The molecule has 0 amide bonds. The van der Waals surface area contributed by atoms with Crippen molar-refractivity contribution in [1.82, 2.24) is 4.90 Å². The van der Waals surface area contributed by atoms with Crippen molar-refractivity contribution in [3.8, 4) is 17.2 Å². The molecule has 2 aliphatic rings. The number of carbonyl (C=O) groups excluding carboxylic acids is 1. The molecule has 0 aromatic heterocycles. The third-order valence-electron chi connectivity index (χ3n) is 5.95. The van der Waals surface area contributed by atoms with Crippen molar-refractivity contribution >= 4 is 27.5 Å². The molecule has 0 radical (unpaired) electrons. The van der Waals surface area contributed by atoms with Crippen LogP contribution in [0.5, 0.6) is 17.2 Å². The molecule has 4 rings (SSSR count). The lowest BCUT2D eigenvalue weighted by Crippen LogP contribution is -2.26. The van der Waals surface area contributed by atoms with E-state index in [0.717, 1.165) is 53.0 Å².